The van der Waals surface area contributed by atoms with Crippen LogP contribution in [-0.4, -0.2) is 57.8 Å². The zero-order chi connectivity index (χ0) is 15.7. The summed E-state index contributed by atoms with van der Waals surface area (Å²) in [5.41, 5.74) is -1.43. The lowest BCUT2D eigenvalue weighted by Crippen LogP contribution is -2.57. The summed E-state index contributed by atoms with van der Waals surface area (Å²) < 4.78 is 37.6. The molecule has 0 aromatic carbocycles. The Morgan fingerprint density at radius 3 is 2.35 bits per heavy atom. The van der Waals surface area contributed by atoms with E-state index in [0.717, 1.165) is 4.90 Å². The number of nitrogens with zero attached hydrogens (tertiary/aromatic N) is 2. The Balaban J connectivity index is 2.98. The largest absolute Gasteiger partial charge is 0.480 e. The summed E-state index contributed by atoms with van der Waals surface area (Å²) in [5.74, 6) is -1.20. The average Bonchev–Trinajstić information content (AvgIpc) is 2.67. The number of aliphatic carboxylic acids is 1. The normalized spacial score (nSPS) is 23.2. The van der Waals surface area contributed by atoms with Crippen molar-refractivity contribution >= 4 is 12.0 Å². The van der Waals surface area contributed by atoms with Crippen molar-refractivity contribution in [2.24, 2.45) is 0 Å². The summed E-state index contributed by atoms with van der Waals surface area (Å²) in [6, 6.07) is -1.54. The number of likely N-dealkylation sites (tertiary alicyclic amines) is 1. The first-order valence-corrected chi connectivity index (χ1v) is 6.37. The zero-order valence-electron chi connectivity index (χ0n) is 11.7. The maximum atomic E-state index is 12.5. The lowest BCUT2D eigenvalue weighted by atomic mass is 9.99. The Hall–Kier alpha value is -1.47. The molecule has 0 aromatic heterocycles. The summed E-state index contributed by atoms with van der Waals surface area (Å²) >= 11 is 0. The second-order valence-corrected chi connectivity index (χ2v) is 5.45. The van der Waals surface area contributed by atoms with Crippen LogP contribution in [0.5, 0.6) is 0 Å². The van der Waals surface area contributed by atoms with Gasteiger partial charge in [-0.3, -0.25) is 0 Å². The van der Waals surface area contributed by atoms with E-state index in [1.807, 2.05) is 0 Å². The number of carbonyl (C=O) groups is 2. The summed E-state index contributed by atoms with van der Waals surface area (Å²) in [6.45, 7) is 3.08. The molecule has 1 fully saturated rings. The molecule has 0 saturated carbocycles. The predicted octanol–water partition coefficient (Wildman–Crippen LogP) is 2.32. The number of rotatable bonds is 3. The van der Waals surface area contributed by atoms with Gasteiger partial charge in [-0.1, -0.05) is 0 Å². The van der Waals surface area contributed by atoms with Crippen LogP contribution in [0, 0.1) is 0 Å². The van der Waals surface area contributed by atoms with Crippen molar-refractivity contribution < 1.29 is 27.9 Å². The fourth-order valence-electron chi connectivity index (χ4n) is 2.31. The fourth-order valence-corrected chi connectivity index (χ4v) is 2.31. The average molecular weight is 296 g/mol. The molecule has 20 heavy (non-hydrogen) atoms. The quantitative estimate of drug-likeness (QED) is 0.869. The van der Waals surface area contributed by atoms with E-state index in [-0.39, 0.29) is 13.0 Å². The molecule has 0 bridgehead atoms. The van der Waals surface area contributed by atoms with Gasteiger partial charge in [0.15, 0.2) is 0 Å². The monoisotopic (exact) mass is 296 g/mol. The van der Waals surface area contributed by atoms with Crippen LogP contribution in [0.25, 0.3) is 0 Å². The van der Waals surface area contributed by atoms with Gasteiger partial charge < -0.3 is 14.9 Å². The molecule has 5 nitrogen and oxygen atoms in total. The number of amides is 2. The van der Waals surface area contributed by atoms with Crippen LogP contribution in [0.4, 0.5) is 18.0 Å². The van der Waals surface area contributed by atoms with Crippen molar-refractivity contribution in [3.8, 4) is 0 Å². The van der Waals surface area contributed by atoms with Gasteiger partial charge in [0.1, 0.15) is 12.1 Å². The molecule has 1 N–H and O–H groups in total. The SMILES string of the molecule is CC(C)N(CC(F)(F)F)C(=O)N1CCCC1(C)C(=O)O. The van der Waals surface area contributed by atoms with Gasteiger partial charge in [-0.05, 0) is 33.6 Å². The molecule has 1 unspecified atom stereocenters. The Kier molecular flexibility index (Phi) is 4.55. The molecule has 8 heteroatoms. The number of hydrogen-bond acceptors (Lipinski definition) is 2. The highest BCUT2D eigenvalue weighted by Crippen LogP contribution is 2.31. The van der Waals surface area contributed by atoms with Crippen LogP contribution in [0.2, 0.25) is 0 Å². The molecule has 1 aliphatic heterocycles. The smallest absolute Gasteiger partial charge is 0.406 e. The van der Waals surface area contributed by atoms with E-state index in [2.05, 4.69) is 0 Å². The van der Waals surface area contributed by atoms with Crippen molar-refractivity contribution in [2.45, 2.75) is 51.4 Å². The minimum absolute atomic E-state index is 0.155. The summed E-state index contributed by atoms with van der Waals surface area (Å²) in [5, 5.41) is 9.21. The van der Waals surface area contributed by atoms with E-state index >= 15 is 0 Å². The minimum atomic E-state index is -4.51. The number of urea groups is 1. The number of carboxylic acids is 1. The number of hydrogen-bond donors (Lipinski definition) is 1. The molecule has 1 atom stereocenters. The molecule has 0 aliphatic carbocycles. The van der Waals surface area contributed by atoms with E-state index in [1.165, 1.54) is 20.8 Å². The third-order valence-corrected chi connectivity index (χ3v) is 3.55. The van der Waals surface area contributed by atoms with Crippen molar-refractivity contribution in [3.05, 3.63) is 0 Å². The van der Waals surface area contributed by atoms with Gasteiger partial charge in [-0.25, -0.2) is 9.59 Å². The fraction of sp³-hybridized carbons (Fsp3) is 0.833. The molecule has 1 rings (SSSR count). The van der Waals surface area contributed by atoms with Gasteiger partial charge in [0.25, 0.3) is 0 Å². The highest BCUT2D eigenvalue weighted by molar-refractivity contribution is 5.86. The van der Waals surface area contributed by atoms with E-state index in [1.54, 1.807) is 0 Å². The van der Waals surface area contributed by atoms with E-state index in [4.69, 9.17) is 0 Å². The zero-order valence-corrected chi connectivity index (χ0v) is 11.7. The number of alkyl halides is 3. The van der Waals surface area contributed by atoms with Crippen LogP contribution in [0.15, 0.2) is 0 Å². The second kappa shape index (κ2) is 5.49. The third-order valence-electron chi connectivity index (χ3n) is 3.55. The molecule has 0 spiro atoms. The lowest BCUT2D eigenvalue weighted by Gasteiger charge is -2.37. The summed E-state index contributed by atoms with van der Waals surface area (Å²) in [7, 11) is 0. The van der Waals surface area contributed by atoms with E-state index < -0.39 is 36.3 Å². The highest BCUT2D eigenvalue weighted by Gasteiger charge is 2.48. The maximum Gasteiger partial charge on any atom is 0.406 e. The van der Waals surface area contributed by atoms with Crippen LogP contribution in [0.1, 0.15) is 33.6 Å². The van der Waals surface area contributed by atoms with Gasteiger partial charge in [-0.15, -0.1) is 0 Å². The topological polar surface area (TPSA) is 60.9 Å². The minimum Gasteiger partial charge on any atom is -0.480 e. The molecule has 116 valence electrons. The Labute approximate surface area is 115 Å². The van der Waals surface area contributed by atoms with Gasteiger partial charge in [0.05, 0.1) is 0 Å². The molecular weight excluding hydrogens is 277 g/mol. The Morgan fingerprint density at radius 2 is 1.95 bits per heavy atom. The first-order chi connectivity index (χ1) is 8.99. The van der Waals surface area contributed by atoms with Crippen molar-refractivity contribution in [1.82, 2.24) is 9.80 Å². The molecule has 2 amide bonds. The maximum absolute atomic E-state index is 12.5. The van der Waals surface area contributed by atoms with Crippen LogP contribution < -0.4 is 0 Å². The van der Waals surface area contributed by atoms with Crippen LogP contribution in [0.3, 0.4) is 0 Å². The third kappa shape index (κ3) is 3.34. The first-order valence-electron chi connectivity index (χ1n) is 6.37. The molecule has 0 aromatic rings. The second-order valence-electron chi connectivity index (χ2n) is 5.45. The number of halogens is 3. The Bertz CT molecular complexity index is 398. The summed E-state index contributed by atoms with van der Waals surface area (Å²) in [4.78, 5) is 25.2. The number of carbonyl (C=O) groups excluding carboxylic acids is 1. The highest BCUT2D eigenvalue weighted by atomic mass is 19.4. The molecule has 1 aliphatic rings. The first kappa shape index (κ1) is 16.6. The molecule has 0 radical (unpaired) electrons. The van der Waals surface area contributed by atoms with Crippen molar-refractivity contribution in [3.63, 3.8) is 0 Å². The Morgan fingerprint density at radius 1 is 1.40 bits per heavy atom. The number of carboxylic acid groups (broad SMARTS) is 1. The summed E-state index contributed by atoms with van der Waals surface area (Å²) in [6.07, 6.45) is -3.81. The molecular formula is C12H19F3N2O3. The van der Waals surface area contributed by atoms with E-state index in [9.17, 15) is 27.9 Å². The molecule has 1 saturated heterocycles. The van der Waals surface area contributed by atoms with Gasteiger partial charge in [-0.2, -0.15) is 13.2 Å². The molecule has 1 heterocycles. The van der Waals surface area contributed by atoms with Crippen molar-refractivity contribution in [1.29, 1.82) is 0 Å². The predicted molar refractivity (Wildman–Crippen MR) is 65.3 cm³/mol. The van der Waals surface area contributed by atoms with E-state index in [0.29, 0.717) is 11.3 Å². The van der Waals surface area contributed by atoms with Crippen molar-refractivity contribution in [2.75, 3.05) is 13.1 Å². The standard InChI is InChI=1S/C12H19F3N2O3/c1-8(2)16(7-12(13,14)15)10(20)17-6-4-5-11(17,3)9(18)19/h8H,4-7H2,1-3H3,(H,18,19). The van der Waals surface area contributed by atoms with Gasteiger partial charge >= 0.3 is 18.2 Å². The van der Waals surface area contributed by atoms with Gasteiger partial charge in [0, 0.05) is 12.6 Å². The van der Waals surface area contributed by atoms with Crippen LogP contribution >= 0.6 is 0 Å². The van der Waals surface area contributed by atoms with Crippen LogP contribution in [-0.2, 0) is 4.79 Å². The lowest BCUT2D eigenvalue weighted by molar-refractivity contribution is -0.150. The van der Waals surface area contributed by atoms with Gasteiger partial charge in [0.2, 0.25) is 0 Å².